The molecule has 5 saturated carbocycles. The molecule has 8 fully saturated rings. The van der Waals surface area contributed by atoms with Crippen molar-refractivity contribution in [2.45, 2.75) is 291 Å². The molecule has 604 valence electrons. The van der Waals surface area contributed by atoms with Gasteiger partial charge >= 0.3 is 12.0 Å². The molecule has 5 N–H and O–H groups in total. The molecule has 0 radical (unpaired) electrons. The van der Waals surface area contributed by atoms with E-state index in [0.717, 1.165) is 209 Å². The summed E-state index contributed by atoms with van der Waals surface area (Å²) in [6, 6.07) is 2.73. The van der Waals surface area contributed by atoms with Crippen LogP contribution in [-0.4, -0.2) is 184 Å². The number of hydrogen-bond donors (Lipinski definition) is 4. The van der Waals surface area contributed by atoms with Gasteiger partial charge in [-0.15, -0.1) is 0 Å². The molecule has 109 heavy (non-hydrogen) atoms. The second-order valence-electron chi connectivity index (χ2n) is 33.2. The molecule has 30 heteroatoms. The lowest BCUT2D eigenvalue weighted by Gasteiger charge is -2.45. The van der Waals surface area contributed by atoms with Gasteiger partial charge in [0.2, 0.25) is 35.4 Å². The van der Waals surface area contributed by atoms with Crippen LogP contribution in [0.2, 0.25) is 0 Å². The molecular formula is C79H125N17O13. The highest BCUT2D eigenvalue weighted by molar-refractivity contribution is 5.83. The van der Waals surface area contributed by atoms with Crippen LogP contribution in [0.5, 0.6) is 0 Å². The van der Waals surface area contributed by atoms with E-state index in [-0.39, 0.29) is 52.2 Å². The molecule has 3 aliphatic heterocycles. The summed E-state index contributed by atoms with van der Waals surface area (Å²) in [6.07, 6.45) is 24.5. The number of hydrogen-bond acceptors (Lipinski definition) is 27. The minimum Gasteiger partial charge on any atom is -0.481 e. The summed E-state index contributed by atoms with van der Waals surface area (Å²) < 4.78 is 36.9. The number of likely N-dealkylation sites (tertiary alicyclic amines) is 2. The first-order valence-corrected chi connectivity index (χ1v) is 40.3. The molecular weight excluding hydrogens is 1390 g/mol. The van der Waals surface area contributed by atoms with Crippen molar-refractivity contribution in [1.29, 1.82) is 0 Å². The predicted octanol–water partition coefficient (Wildman–Crippen LogP) is 12.1. The Morgan fingerprint density at radius 2 is 0.982 bits per heavy atom. The van der Waals surface area contributed by atoms with Crippen LogP contribution < -0.4 is 21.3 Å². The quantitative estimate of drug-likeness (QED) is 0.0551. The molecule has 2 amide bonds. The lowest BCUT2D eigenvalue weighted by atomic mass is 9.66. The number of aryl methyl sites for hydroxylation is 6. The monoisotopic (exact) mass is 1520 g/mol. The second kappa shape index (κ2) is 40.0. The summed E-state index contributed by atoms with van der Waals surface area (Å²) in [5.74, 6) is 10.6. The number of ether oxygens (including phenoxy) is 1. The number of carbonyl (C=O) groups is 5. The lowest BCUT2D eigenvalue weighted by molar-refractivity contribution is -0.156. The summed E-state index contributed by atoms with van der Waals surface area (Å²) in [6.45, 7) is 32.2. The minimum absolute atomic E-state index is 0.0182. The molecule has 3 saturated heterocycles. The number of nitrogens with two attached hydrogens (primary N) is 1. The van der Waals surface area contributed by atoms with E-state index in [9.17, 15) is 29.1 Å². The van der Waals surface area contributed by atoms with Crippen LogP contribution in [-0.2, 0) is 34.1 Å². The summed E-state index contributed by atoms with van der Waals surface area (Å²) in [5.41, 5.74) is 6.03. The van der Waals surface area contributed by atoms with Gasteiger partial charge in [-0.25, -0.2) is 0 Å². The van der Waals surface area contributed by atoms with Crippen molar-refractivity contribution in [3.63, 3.8) is 0 Å². The molecule has 5 aliphatic carbocycles. The number of carbonyl (C=O) groups excluding carboxylic acids is 4. The fraction of sp³-hybridized carbons (Fsp3) is 0.772. The van der Waals surface area contributed by atoms with Gasteiger partial charge < -0.3 is 68.0 Å². The Morgan fingerprint density at radius 3 is 1.36 bits per heavy atom. The van der Waals surface area contributed by atoms with E-state index in [1.807, 2.05) is 67.2 Å². The maximum atomic E-state index is 11.9. The first-order valence-electron chi connectivity index (χ1n) is 40.3. The number of carboxylic acids is 1. The number of carboxylic acid groups (broad SMARTS) is 1. The smallest absolute Gasteiger partial charge is 0.324 e. The van der Waals surface area contributed by atoms with Gasteiger partial charge in [0.05, 0.1) is 29.2 Å². The van der Waals surface area contributed by atoms with Crippen molar-refractivity contribution in [2.75, 3.05) is 71.0 Å². The average Bonchev–Trinajstić information content (AvgIpc) is 1.63. The molecule has 0 aromatic carbocycles. The van der Waals surface area contributed by atoms with Crippen LogP contribution in [0.15, 0.2) is 33.2 Å². The van der Waals surface area contributed by atoms with Crippen LogP contribution >= 0.6 is 0 Å². The number of Topliss-reactive ketones (excluding diaryl/α,β-unsaturated/α-hetero) is 2. The number of aromatic nitrogens is 11. The van der Waals surface area contributed by atoms with Gasteiger partial charge in [-0.2, -0.15) is 24.9 Å². The Labute approximate surface area is 642 Å². The topological polar surface area (TPSA) is 395 Å². The van der Waals surface area contributed by atoms with Gasteiger partial charge in [-0.3, -0.25) is 24.0 Å². The first-order chi connectivity index (χ1) is 52.0. The Hall–Kier alpha value is -7.70. The van der Waals surface area contributed by atoms with E-state index in [4.69, 9.17) is 37.6 Å². The number of methoxy groups -OCH3 is 1. The summed E-state index contributed by atoms with van der Waals surface area (Å²) in [7, 11) is 1.69. The summed E-state index contributed by atoms with van der Waals surface area (Å²) in [5, 5.41) is 38.8. The molecule has 9 heterocycles. The number of ketones is 2. The fourth-order valence-electron chi connectivity index (χ4n) is 16.2. The highest BCUT2D eigenvalue weighted by Gasteiger charge is 2.49. The molecule has 1 atom stereocenters. The third kappa shape index (κ3) is 24.2. The van der Waals surface area contributed by atoms with Crippen LogP contribution in [0.25, 0.3) is 0 Å². The number of aliphatic carboxylic acids is 1. The standard InChI is InChI=1S/C16H25N3O4.C16H24N2O2.C14H24N4O2.C13H21N3O2.C10H15N3O2.C10H16N2O/c1-12-17-13(23-18-12)16(11-22-2)6-8-19(9-7-16)10-15(14(20)21)4-3-5-15;1-12-10-15(20-17-12)14-4-8-18(9-5-14)11-16(13(2)19)6-3-7-16;1-8(2)12(15)13(19)17-11-6-4-10(5-7-11)14-16-9(3)18-20-14;1-8(2)12(17)15-11-6-4-10(5-7-11)13-14-9(3)16-18-13;1-7(14)9-3-5-13(6-4-9)10-11-8(2)12-15-10;1-7-3-5-9(6-4-7)10-11-8(2)12-13-10/h3-11H2,1-2H3,(H,20,21);10,14H,3-9,11H2,1-2H3;8,10-12H,4-7,15H2,1-3H3,(H,17,19);8,10-11H,4-7H2,1-3H3,(H,15,17);9H,3-6H2,1-2H3;7,9H,3-6H2,1-2H3. The van der Waals surface area contributed by atoms with Gasteiger partial charge in [0.15, 0.2) is 29.1 Å². The second-order valence-corrected chi connectivity index (χ2v) is 33.2. The highest BCUT2D eigenvalue weighted by atomic mass is 16.5. The Bertz CT molecular complexity index is 3760. The number of piperidine rings is 3. The number of amides is 2. The van der Waals surface area contributed by atoms with Crippen molar-refractivity contribution in [3.05, 3.63) is 70.2 Å². The molecule has 14 rings (SSSR count). The maximum Gasteiger partial charge on any atom is 0.324 e. The molecule has 1 unspecified atom stereocenters. The van der Waals surface area contributed by atoms with E-state index in [2.05, 4.69) is 89.3 Å². The molecule has 30 nitrogen and oxygen atoms in total. The first kappa shape index (κ1) is 85.3. The largest absolute Gasteiger partial charge is 0.481 e. The van der Waals surface area contributed by atoms with E-state index in [1.54, 1.807) is 27.9 Å². The van der Waals surface area contributed by atoms with Crippen LogP contribution in [0, 0.1) is 76.0 Å². The average molecular weight is 1520 g/mol. The third-order valence-electron chi connectivity index (χ3n) is 24.0. The predicted molar refractivity (Wildman–Crippen MR) is 405 cm³/mol. The maximum absolute atomic E-state index is 11.9. The van der Waals surface area contributed by atoms with Gasteiger partial charge in [-0.05, 0) is 235 Å². The number of rotatable bonds is 20. The van der Waals surface area contributed by atoms with Crippen molar-refractivity contribution in [3.8, 4) is 0 Å². The Balaban J connectivity index is 0.000000152. The Morgan fingerprint density at radius 1 is 0.532 bits per heavy atom. The molecule has 8 aliphatic rings. The molecule has 6 aromatic rings. The summed E-state index contributed by atoms with van der Waals surface area (Å²) >= 11 is 0. The van der Waals surface area contributed by atoms with Gasteiger partial charge in [0.1, 0.15) is 17.3 Å². The minimum atomic E-state index is -0.648. The zero-order valence-corrected chi connectivity index (χ0v) is 67.4. The molecule has 0 bridgehead atoms. The molecule has 6 aromatic heterocycles. The van der Waals surface area contributed by atoms with E-state index >= 15 is 0 Å². The summed E-state index contributed by atoms with van der Waals surface area (Å²) in [4.78, 5) is 86.3. The van der Waals surface area contributed by atoms with Gasteiger partial charge in [0.25, 0.3) is 0 Å². The number of nitrogens with zero attached hydrogens (tertiary/aromatic N) is 14. The van der Waals surface area contributed by atoms with Crippen LogP contribution in [0.3, 0.4) is 0 Å². The number of nitrogens with one attached hydrogen (secondary N) is 2. The fourth-order valence-corrected chi connectivity index (χ4v) is 16.2. The van der Waals surface area contributed by atoms with E-state index < -0.39 is 17.4 Å². The van der Waals surface area contributed by atoms with E-state index in [0.29, 0.717) is 83.9 Å². The zero-order valence-electron chi connectivity index (χ0n) is 67.4. The Kier molecular flexibility index (Phi) is 31.3. The SMILES string of the molecule is CC(=O)C1(CN2CCC(c3cc(C)no3)CC2)CCC1.CC(=O)C1CCN(c2nc(C)no2)CC1.COCC1(c2nc(C)no2)CCN(CC2(C(=O)O)CCC2)CC1.Cc1noc(C2CCC(C)CC2)n1.Cc1noc(C2CCC(NC(=O)C(C)C)CC2)n1.Cc1noc(C2CCC(NC(=O)C(N)C(C)C)CC2)n1. The van der Waals surface area contributed by atoms with Crippen LogP contribution in [0.1, 0.15) is 290 Å². The third-order valence-corrected chi connectivity index (χ3v) is 24.0. The van der Waals surface area contributed by atoms with Gasteiger partial charge in [0, 0.05) is 92.4 Å². The van der Waals surface area contributed by atoms with Crippen molar-refractivity contribution in [2.24, 2.45) is 40.2 Å². The van der Waals surface area contributed by atoms with Crippen molar-refractivity contribution >= 4 is 35.4 Å². The molecule has 0 spiro atoms. The van der Waals surface area contributed by atoms with Gasteiger partial charge in [-0.1, -0.05) is 78.4 Å². The normalized spacial score (nSPS) is 23.7. The van der Waals surface area contributed by atoms with Crippen LogP contribution in [0.4, 0.5) is 6.01 Å². The zero-order chi connectivity index (χ0) is 78.6. The van der Waals surface area contributed by atoms with E-state index in [1.165, 1.54) is 32.1 Å². The lowest BCUT2D eigenvalue weighted by Crippen LogP contribution is -2.52. The van der Waals surface area contributed by atoms with Crippen molar-refractivity contribution < 1.29 is 61.0 Å². The highest BCUT2D eigenvalue weighted by Crippen LogP contribution is 2.46. The number of anilines is 1. The van der Waals surface area contributed by atoms with Crippen molar-refractivity contribution in [1.82, 2.24) is 76.3 Å².